The molecule has 8 heteroatoms. The molecule has 0 aliphatic carbocycles. The van der Waals surface area contributed by atoms with Gasteiger partial charge in [0.25, 0.3) is 10.0 Å². The average molecular weight is 473 g/mol. The van der Waals surface area contributed by atoms with E-state index in [9.17, 15) is 13.2 Å². The number of hydrogen-bond acceptors (Lipinski definition) is 4. The number of rotatable bonds is 8. The summed E-state index contributed by atoms with van der Waals surface area (Å²) in [4.78, 5) is 13.0. The van der Waals surface area contributed by atoms with Gasteiger partial charge in [-0.15, -0.1) is 0 Å². The SMILES string of the molecule is COc1ccc(Cl)cc1N(CC(=O)N[C@H](C)c1ccc(C)cc1)S(=O)(=O)c1ccccc1. The highest BCUT2D eigenvalue weighted by Gasteiger charge is 2.30. The molecule has 1 N–H and O–H groups in total. The summed E-state index contributed by atoms with van der Waals surface area (Å²) < 4.78 is 33.4. The Kier molecular flexibility index (Phi) is 7.43. The monoisotopic (exact) mass is 472 g/mol. The van der Waals surface area contributed by atoms with E-state index in [4.69, 9.17) is 16.3 Å². The lowest BCUT2D eigenvalue weighted by atomic mass is 10.1. The number of halogens is 1. The van der Waals surface area contributed by atoms with Gasteiger partial charge in [-0.1, -0.05) is 59.6 Å². The Hall–Kier alpha value is -3.03. The van der Waals surface area contributed by atoms with Crippen LogP contribution < -0.4 is 14.4 Å². The lowest BCUT2D eigenvalue weighted by Crippen LogP contribution is -2.41. The van der Waals surface area contributed by atoms with Gasteiger partial charge < -0.3 is 10.1 Å². The van der Waals surface area contributed by atoms with E-state index in [1.54, 1.807) is 30.3 Å². The third-order valence-corrected chi connectivity index (χ3v) is 6.99. The first-order valence-corrected chi connectivity index (χ1v) is 11.8. The Morgan fingerprint density at radius 2 is 1.72 bits per heavy atom. The van der Waals surface area contributed by atoms with E-state index < -0.39 is 22.5 Å². The highest BCUT2D eigenvalue weighted by atomic mass is 35.5. The van der Waals surface area contributed by atoms with Crippen LogP contribution in [0.1, 0.15) is 24.1 Å². The van der Waals surface area contributed by atoms with Gasteiger partial charge in [-0.05, 0) is 49.7 Å². The fourth-order valence-electron chi connectivity index (χ4n) is 3.23. The highest BCUT2D eigenvalue weighted by molar-refractivity contribution is 7.92. The van der Waals surface area contributed by atoms with E-state index in [-0.39, 0.29) is 22.4 Å². The van der Waals surface area contributed by atoms with E-state index in [2.05, 4.69) is 5.32 Å². The number of benzene rings is 3. The van der Waals surface area contributed by atoms with Crippen molar-refractivity contribution in [3.63, 3.8) is 0 Å². The summed E-state index contributed by atoms with van der Waals surface area (Å²) in [6.07, 6.45) is 0. The highest BCUT2D eigenvalue weighted by Crippen LogP contribution is 2.34. The van der Waals surface area contributed by atoms with Crippen molar-refractivity contribution >= 4 is 33.2 Å². The normalized spacial score (nSPS) is 12.1. The molecule has 0 aliphatic rings. The molecule has 6 nitrogen and oxygen atoms in total. The molecular weight excluding hydrogens is 448 g/mol. The van der Waals surface area contributed by atoms with E-state index in [0.29, 0.717) is 5.02 Å². The molecule has 0 aliphatic heterocycles. The smallest absolute Gasteiger partial charge is 0.264 e. The number of methoxy groups -OCH3 is 1. The molecule has 0 spiro atoms. The molecule has 1 atom stereocenters. The number of amides is 1. The molecule has 1 amide bonds. The molecule has 0 fully saturated rings. The minimum Gasteiger partial charge on any atom is -0.495 e. The maximum absolute atomic E-state index is 13.5. The van der Waals surface area contributed by atoms with Gasteiger partial charge >= 0.3 is 0 Å². The van der Waals surface area contributed by atoms with Gasteiger partial charge in [0.05, 0.1) is 23.7 Å². The van der Waals surface area contributed by atoms with Crippen molar-refractivity contribution in [2.45, 2.75) is 24.8 Å². The Morgan fingerprint density at radius 3 is 2.34 bits per heavy atom. The first-order valence-electron chi connectivity index (χ1n) is 9.99. The number of ether oxygens (including phenoxy) is 1. The van der Waals surface area contributed by atoms with Crippen molar-refractivity contribution in [3.05, 3.63) is 88.9 Å². The van der Waals surface area contributed by atoms with Crippen molar-refractivity contribution in [1.82, 2.24) is 5.32 Å². The number of carbonyl (C=O) groups is 1. The van der Waals surface area contributed by atoms with Crippen molar-refractivity contribution in [2.24, 2.45) is 0 Å². The summed E-state index contributed by atoms with van der Waals surface area (Å²) in [7, 11) is -2.64. The molecular formula is C24H25ClN2O4S. The van der Waals surface area contributed by atoms with Crippen LogP contribution in [0.2, 0.25) is 5.02 Å². The third-order valence-electron chi connectivity index (χ3n) is 4.98. The van der Waals surface area contributed by atoms with Crippen molar-refractivity contribution in [1.29, 1.82) is 0 Å². The van der Waals surface area contributed by atoms with E-state index in [0.717, 1.165) is 15.4 Å². The molecule has 0 saturated carbocycles. The van der Waals surface area contributed by atoms with Crippen LogP contribution in [0.4, 0.5) is 5.69 Å². The number of hydrogen-bond donors (Lipinski definition) is 1. The fraction of sp³-hybridized carbons (Fsp3) is 0.208. The summed E-state index contributed by atoms with van der Waals surface area (Å²) in [6.45, 7) is 3.39. The maximum Gasteiger partial charge on any atom is 0.264 e. The van der Waals surface area contributed by atoms with Crippen LogP contribution in [0.3, 0.4) is 0 Å². The second-order valence-corrected chi connectivity index (χ2v) is 9.64. The average Bonchev–Trinajstić information content (AvgIpc) is 2.78. The van der Waals surface area contributed by atoms with Gasteiger partial charge in [0.2, 0.25) is 5.91 Å². The Bertz CT molecular complexity index is 1180. The zero-order chi connectivity index (χ0) is 23.3. The molecule has 3 aromatic rings. The van der Waals surface area contributed by atoms with Crippen molar-refractivity contribution < 1.29 is 17.9 Å². The number of sulfonamides is 1. The summed E-state index contributed by atoms with van der Waals surface area (Å²) in [6, 6.07) is 20.0. The summed E-state index contributed by atoms with van der Waals surface area (Å²) in [5, 5.41) is 3.19. The molecule has 0 heterocycles. The van der Waals surface area contributed by atoms with Gasteiger partial charge in [0, 0.05) is 5.02 Å². The Balaban J connectivity index is 1.95. The lowest BCUT2D eigenvalue weighted by Gasteiger charge is -2.26. The summed E-state index contributed by atoms with van der Waals surface area (Å²) in [5.74, 6) is -0.173. The molecule has 0 aromatic heterocycles. The standard InChI is InChI=1S/C24H25ClN2O4S/c1-17-9-11-19(12-10-17)18(2)26-24(28)16-27(22-15-20(25)13-14-23(22)31-3)32(29,30)21-7-5-4-6-8-21/h4-15,18H,16H2,1-3H3,(H,26,28)/t18-/m1/s1. The summed E-state index contributed by atoms with van der Waals surface area (Å²) in [5.41, 5.74) is 2.21. The predicted molar refractivity (Wildman–Crippen MR) is 127 cm³/mol. The first kappa shape index (κ1) is 23.6. The largest absolute Gasteiger partial charge is 0.495 e. The van der Waals surface area contributed by atoms with Gasteiger partial charge in [-0.2, -0.15) is 0 Å². The van der Waals surface area contributed by atoms with E-state index in [1.807, 2.05) is 38.1 Å². The molecule has 168 valence electrons. The van der Waals surface area contributed by atoms with Crippen LogP contribution >= 0.6 is 11.6 Å². The molecule has 0 saturated heterocycles. The molecule has 3 rings (SSSR count). The Labute approximate surface area is 193 Å². The third kappa shape index (κ3) is 5.41. The van der Waals surface area contributed by atoms with Gasteiger partial charge in [-0.3, -0.25) is 9.10 Å². The first-order chi connectivity index (χ1) is 15.2. The second-order valence-electron chi connectivity index (χ2n) is 7.34. The minimum atomic E-state index is -4.07. The molecule has 32 heavy (non-hydrogen) atoms. The van der Waals surface area contributed by atoms with Crippen LogP contribution in [-0.2, 0) is 14.8 Å². The van der Waals surface area contributed by atoms with Crippen molar-refractivity contribution in [3.8, 4) is 5.75 Å². The van der Waals surface area contributed by atoms with Crippen LogP contribution in [0.25, 0.3) is 0 Å². The quantitative estimate of drug-likeness (QED) is 0.514. The van der Waals surface area contributed by atoms with E-state index in [1.165, 1.54) is 25.3 Å². The van der Waals surface area contributed by atoms with Crippen LogP contribution in [0.15, 0.2) is 77.7 Å². The predicted octanol–water partition coefficient (Wildman–Crippen LogP) is 4.73. The number of anilines is 1. The van der Waals surface area contributed by atoms with Crippen LogP contribution in [0, 0.1) is 6.92 Å². The van der Waals surface area contributed by atoms with Gasteiger partial charge in [-0.25, -0.2) is 8.42 Å². The number of carbonyl (C=O) groups excluding carboxylic acids is 1. The van der Waals surface area contributed by atoms with Gasteiger partial charge in [0.15, 0.2) is 0 Å². The number of nitrogens with zero attached hydrogens (tertiary/aromatic N) is 1. The van der Waals surface area contributed by atoms with Crippen LogP contribution in [0.5, 0.6) is 5.75 Å². The lowest BCUT2D eigenvalue weighted by molar-refractivity contribution is -0.120. The maximum atomic E-state index is 13.5. The van der Waals surface area contributed by atoms with E-state index >= 15 is 0 Å². The second kappa shape index (κ2) is 10.1. The topological polar surface area (TPSA) is 75.7 Å². The molecule has 0 radical (unpaired) electrons. The minimum absolute atomic E-state index is 0.0569. The summed E-state index contributed by atoms with van der Waals surface area (Å²) >= 11 is 6.15. The molecule has 3 aromatic carbocycles. The van der Waals surface area contributed by atoms with Gasteiger partial charge in [0.1, 0.15) is 12.3 Å². The Morgan fingerprint density at radius 1 is 1.06 bits per heavy atom. The zero-order valence-corrected chi connectivity index (χ0v) is 19.7. The number of aryl methyl sites for hydroxylation is 1. The molecule has 0 bridgehead atoms. The fourth-order valence-corrected chi connectivity index (χ4v) is 4.84. The molecule has 0 unspecified atom stereocenters. The van der Waals surface area contributed by atoms with Crippen LogP contribution in [-0.4, -0.2) is 28.0 Å². The van der Waals surface area contributed by atoms with Crippen molar-refractivity contribution in [2.75, 3.05) is 18.0 Å². The number of nitrogens with one attached hydrogen (secondary N) is 1. The zero-order valence-electron chi connectivity index (χ0n) is 18.1.